The van der Waals surface area contributed by atoms with Crippen molar-refractivity contribution in [2.75, 3.05) is 0 Å². The molecule has 0 radical (unpaired) electrons. The lowest BCUT2D eigenvalue weighted by Crippen LogP contribution is -2.31. The lowest BCUT2D eigenvalue weighted by molar-refractivity contribution is -0.660. The molecule has 0 bridgehead atoms. The van der Waals surface area contributed by atoms with Gasteiger partial charge < -0.3 is 4.42 Å². The van der Waals surface area contributed by atoms with Gasteiger partial charge in [-0.25, -0.2) is 4.57 Å². The molecule has 4 rings (SSSR count). The zero-order chi connectivity index (χ0) is 20.1. The van der Waals surface area contributed by atoms with E-state index in [2.05, 4.69) is 75.8 Å². The van der Waals surface area contributed by atoms with Gasteiger partial charge in [0.15, 0.2) is 6.20 Å². The van der Waals surface area contributed by atoms with Gasteiger partial charge in [0.25, 0.3) is 0 Å². The third kappa shape index (κ3) is 3.16. The lowest BCUT2D eigenvalue weighted by Gasteiger charge is -2.18. The van der Waals surface area contributed by atoms with Crippen molar-refractivity contribution in [3.05, 3.63) is 65.4 Å². The Morgan fingerprint density at radius 1 is 1.04 bits per heavy atom. The number of pyridine rings is 1. The highest BCUT2D eigenvalue weighted by molar-refractivity contribution is 6.09. The first kappa shape index (κ1) is 18.3. The van der Waals surface area contributed by atoms with Gasteiger partial charge in [-0.3, -0.25) is 0 Å². The molecule has 0 unspecified atom stereocenters. The Bertz CT molecular complexity index is 1250. The molecule has 0 aliphatic rings. The molecule has 4 aromatic rings. The van der Waals surface area contributed by atoms with Crippen LogP contribution in [0.4, 0.5) is 0 Å². The number of aryl methyl sites for hydroxylation is 2. The Morgan fingerprint density at radius 2 is 1.79 bits per heavy atom. The number of rotatable bonds is 2. The minimum absolute atomic E-state index is 0.227. The molecule has 0 aliphatic heterocycles. The Labute approximate surface area is 165 Å². The molecule has 0 saturated heterocycles. The third-order valence-corrected chi connectivity index (χ3v) is 5.18. The molecular weight excluding hydrogens is 344 g/mol. The van der Waals surface area contributed by atoms with E-state index in [-0.39, 0.29) is 5.41 Å². The number of hydrogen-bond donors (Lipinski definition) is 0. The number of benzene rings is 2. The van der Waals surface area contributed by atoms with Crippen molar-refractivity contribution in [3.63, 3.8) is 0 Å². The van der Waals surface area contributed by atoms with Crippen LogP contribution in [-0.2, 0) is 13.5 Å². The summed E-state index contributed by atoms with van der Waals surface area (Å²) in [6.45, 7) is 8.91. The summed E-state index contributed by atoms with van der Waals surface area (Å²) < 4.78 is 8.45. The van der Waals surface area contributed by atoms with Crippen molar-refractivity contribution in [1.82, 2.24) is 0 Å². The number of fused-ring (bicyclic) bond motifs is 3. The van der Waals surface area contributed by atoms with Crippen LogP contribution < -0.4 is 4.57 Å². The maximum absolute atomic E-state index is 9.21. The first-order chi connectivity index (χ1) is 13.3. The Hall–Kier alpha value is -3.12. The van der Waals surface area contributed by atoms with E-state index < -0.39 is 0 Å². The van der Waals surface area contributed by atoms with Crippen LogP contribution in [0.2, 0.25) is 0 Å². The molecule has 0 saturated carbocycles. The van der Waals surface area contributed by atoms with Gasteiger partial charge >= 0.3 is 0 Å². The van der Waals surface area contributed by atoms with Gasteiger partial charge in [0, 0.05) is 22.9 Å². The highest BCUT2D eigenvalue weighted by atomic mass is 16.3. The molecule has 0 aliphatic carbocycles. The average Bonchev–Trinajstić information content (AvgIpc) is 2.99. The molecular formula is C25H25N2O+. The minimum Gasteiger partial charge on any atom is -0.455 e. The van der Waals surface area contributed by atoms with Crippen molar-refractivity contribution < 1.29 is 8.98 Å². The smallest absolute Gasteiger partial charge is 0.216 e. The van der Waals surface area contributed by atoms with E-state index in [0.29, 0.717) is 5.56 Å². The molecule has 2 aromatic heterocycles. The highest BCUT2D eigenvalue weighted by Crippen LogP contribution is 2.37. The van der Waals surface area contributed by atoms with Crippen LogP contribution in [0.1, 0.15) is 37.5 Å². The topological polar surface area (TPSA) is 40.8 Å². The Morgan fingerprint density at radius 3 is 2.50 bits per heavy atom. The number of aromatic nitrogens is 1. The van der Waals surface area contributed by atoms with E-state index in [1.54, 1.807) is 0 Å². The number of nitrogens with zero attached hydrogens (tertiary/aromatic N) is 2. The predicted molar refractivity (Wildman–Crippen MR) is 113 cm³/mol. The zero-order valence-corrected chi connectivity index (χ0v) is 17.1. The van der Waals surface area contributed by atoms with Gasteiger partial charge in [0.05, 0.1) is 17.2 Å². The van der Waals surface area contributed by atoms with Gasteiger partial charge in [-0.05, 0) is 48.1 Å². The standard InChI is InChI=1S/C25H25N2O/c1-16-6-8-20-19-9-7-18(15-26)13-22(19)28-24(20)23(16)21-12-17(10-11-27(21)5)14-25(2,3)4/h6-13H,14H2,1-5H3/q+1. The zero-order valence-electron chi connectivity index (χ0n) is 17.1. The van der Waals surface area contributed by atoms with Gasteiger partial charge in [0.2, 0.25) is 5.69 Å². The minimum atomic E-state index is 0.227. The first-order valence-electron chi connectivity index (χ1n) is 9.62. The van der Waals surface area contributed by atoms with E-state index in [1.807, 2.05) is 18.2 Å². The van der Waals surface area contributed by atoms with Gasteiger partial charge in [-0.15, -0.1) is 0 Å². The maximum Gasteiger partial charge on any atom is 0.216 e. The molecule has 140 valence electrons. The summed E-state index contributed by atoms with van der Waals surface area (Å²) in [5.41, 5.74) is 7.24. The molecule has 0 fully saturated rings. The van der Waals surface area contributed by atoms with Crippen LogP contribution >= 0.6 is 0 Å². The van der Waals surface area contributed by atoms with E-state index in [9.17, 15) is 5.26 Å². The predicted octanol–water partition coefficient (Wildman–Crippen LogP) is 5.85. The van der Waals surface area contributed by atoms with Crippen molar-refractivity contribution in [1.29, 1.82) is 5.26 Å². The molecule has 28 heavy (non-hydrogen) atoms. The SMILES string of the molecule is Cc1ccc2c(oc3cc(C#N)ccc32)c1-c1cc(CC(C)(C)C)cc[n+]1C. The van der Waals surface area contributed by atoms with Crippen LogP contribution in [0.3, 0.4) is 0 Å². The summed E-state index contributed by atoms with van der Waals surface area (Å²) in [6.07, 6.45) is 3.15. The first-order valence-corrected chi connectivity index (χ1v) is 9.62. The van der Waals surface area contributed by atoms with Gasteiger partial charge in [-0.1, -0.05) is 32.9 Å². The number of nitriles is 1. The van der Waals surface area contributed by atoms with Gasteiger partial charge in [-0.2, -0.15) is 5.26 Å². The van der Waals surface area contributed by atoms with Crippen LogP contribution in [0.15, 0.2) is 53.1 Å². The summed E-state index contributed by atoms with van der Waals surface area (Å²) in [4.78, 5) is 0. The molecule has 2 aromatic carbocycles. The average molecular weight is 369 g/mol. The van der Waals surface area contributed by atoms with Crippen LogP contribution in [-0.4, -0.2) is 0 Å². The number of hydrogen-bond acceptors (Lipinski definition) is 2. The van der Waals surface area contributed by atoms with Crippen molar-refractivity contribution >= 4 is 21.9 Å². The molecule has 3 nitrogen and oxygen atoms in total. The second-order valence-electron chi connectivity index (χ2n) is 8.83. The van der Waals surface area contributed by atoms with Crippen molar-refractivity contribution in [2.24, 2.45) is 12.5 Å². The summed E-state index contributed by atoms with van der Waals surface area (Å²) in [6, 6.07) is 16.6. The van der Waals surface area contributed by atoms with Gasteiger partial charge in [0.1, 0.15) is 18.2 Å². The lowest BCUT2D eigenvalue weighted by atomic mass is 9.88. The van der Waals surface area contributed by atoms with E-state index in [4.69, 9.17) is 4.42 Å². The van der Waals surface area contributed by atoms with Crippen LogP contribution in [0.25, 0.3) is 33.2 Å². The van der Waals surface area contributed by atoms with Crippen LogP contribution in [0, 0.1) is 23.7 Å². The van der Waals surface area contributed by atoms with E-state index >= 15 is 0 Å². The molecule has 3 heteroatoms. The quantitative estimate of drug-likeness (QED) is 0.416. The summed E-state index contributed by atoms with van der Waals surface area (Å²) in [5.74, 6) is 0. The van der Waals surface area contributed by atoms with E-state index in [0.717, 1.165) is 39.6 Å². The second kappa shape index (κ2) is 6.49. The fourth-order valence-electron chi connectivity index (χ4n) is 3.91. The van der Waals surface area contributed by atoms with Crippen molar-refractivity contribution in [3.8, 4) is 17.3 Å². The number of furan rings is 1. The largest absolute Gasteiger partial charge is 0.455 e. The third-order valence-electron chi connectivity index (χ3n) is 5.18. The summed E-state index contributed by atoms with van der Waals surface area (Å²) in [7, 11) is 2.07. The molecule has 0 spiro atoms. The summed E-state index contributed by atoms with van der Waals surface area (Å²) >= 11 is 0. The molecule has 0 N–H and O–H groups in total. The summed E-state index contributed by atoms with van der Waals surface area (Å²) in [5, 5.41) is 11.3. The molecule has 2 heterocycles. The Balaban J connectivity index is 1.99. The van der Waals surface area contributed by atoms with E-state index in [1.165, 1.54) is 11.1 Å². The molecule has 0 atom stereocenters. The fourth-order valence-corrected chi connectivity index (χ4v) is 3.91. The highest BCUT2D eigenvalue weighted by Gasteiger charge is 2.22. The maximum atomic E-state index is 9.21. The van der Waals surface area contributed by atoms with Crippen LogP contribution in [0.5, 0.6) is 0 Å². The van der Waals surface area contributed by atoms with Crippen molar-refractivity contribution in [2.45, 2.75) is 34.1 Å². The second-order valence-corrected chi connectivity index (χ2v) is 8.83. The molecule has 0 amide bonds. The fraction of sp³-hybridized carbons (Fsp3) is 0.280. The Kier molecular flexibility index (Phi) is 4.23. The normalized spacial score (nSPS) is 11.9. The monoisotopic (exact) mass is 369 g/mol.